The van der Waals surface area contributed by atoms with Crippen molar-refractivity contribution in [2.75, 3.05) is 18.5 Å². The monoisotopic (exact) mass is 292 g/mol. The Morgan fingerprint density at radius 3 is 2.71 bits per heavy atom. The van der Waals surface area contributed by atoms with E-state index in [-0.39, 0.29) is 30.2 Å². The van der Waals surface area contributed by atoms with Crippen LogP contribution in [0.3, 0.4) is 0 Å². The van der Waals surface area contributed by atoms with Crippen molar-refractivity contribution >= 4 is 17.7 Å². The molecule has 21 heavy (non-hydrogen) atoms. The van der Waals surface area contributed by atoms with E-state index < -0.39 is 5.97 Å². The number of carbonyl (C=O) groups is 2. The Morgan fingerprint density at radius 2 is 2.14 bits per heavy atom. The predicted octanol–water partition coefficient (Wildman–Crippen LogP) is 1.93. The molecule has 2 rings (SSSR count). The summed E-state index contributed by atoms with van der Waals surface area (Å²) in [5.74, 6) is -0.721. The molecule has 114 valence electrons. The first-order valence-electron chi connectivity index (χ1n) is 6.96. The number of carbonyl (C=O) groups excluding carboxylic acids is 1. The van der Waals surface area contributed by atoms with Crippen LogP contribution in [0.5, 0.6) is 0 Å². The fourth-order valence-corrected chi connectivity index (χ4v) is 2.66. The molecule has 0 radical (unpaired) electrons. The molecular weight excluding hydrogens is 272 g/mol. The highest BCUT2D eigenvalue weighted by Gasteiger charge is 2.33. The summed E-state index contributed by atoms with van der Waals surface area (Å²) in [5, 5.41) is 21.1. The zero-order chi connectivity index (χ0) is 15.6. The standard InChI is InChI=1S/C15H20N2O4/c1-9-5-6-17(13(9)8-18)15(21)16-12-4-3-11(14(19)20)7-10(12)2/h3-4,7,9,13,18H,5-6,8H2,1-2H3,(H,16,21)(H,19,20). The number of hydrogen-bond donors (Lipinski definition) is 3. The van der Waals surface area contributed by atoms with E-state index in [0.29, 0.717) is 17.8 Å². The predicted molar refractivity (Wildman–Crippen MR) is 78.5 cm³/mol. The smallest absolute Gasteiger partial charge is 0.335 e. The highest BCUT2D eigenvalue weighted by Crippen LogP contribution is 2.25. The molecule has 0 bridgehead atoms. The quantitative estimate of drug-likeness (QED) is 0.794. The number of aromatic carboxylic acids is 1. The van der Waals surface area contributed by atoms with E-state index in [4.69, 9.17) is 5.11 Å². The van der Waals surface area contributed by atoms with Crippen LogP contribution in [0, 0.1) is 12.8 Å². The van der Waals surface area contributed by atoms with Gasteiger partial charge in [-0.1, -0.05) is 6.92 Å². The molecule has 0 aromatic heterocycles. The molecule has 1 aliphatic rings. The van der Waals surface area contributed by atoms with Crippen LogP contribution in [0.15, 0.2) is 18.2 Å². The number of carboxylic acids is 1. The lowest BCUT2D eigenvalue weighted by Crippen LogP contribution is -2.42. The lowest BCUT2D eigenvalue weighted by Gasteiger charge is -2.25. The molecule has 1 aliphatic heterocycles. The number of benzene rings is 1. The first-order chi connectivity index (χ1) is 9.93. The third-order valence-electron chi connectivity index (χ3n) is 4.05. The molecule has 1 saturated heterocycles. The van der Waals surface area contributed by atoms with Gasteiger partial charge in [-0.05, 0) is 43.0 Å². The van der Waals surface area contributed by atoms with Crippen LogP contribution in [0.1, 0.15) is 29.3 Å². The average Bonchev–Trinajstić information content (AvgIpc) is 2.81. The Bertz CT molecular complexity index is 559. The Labute approximate surface area is 123 Å². The van der Waals surface area contributed by atoms with Gasteiger partial charge < -0.3 is 20.4 Å². The minimum Gasteiger partial charge on any atom is -0.478 e. The summed E-state index contributed by atoms with van der Waals surface area (Å²) in [6.45, 7) is 4.33. The van der Waals surface area contributed by atoms with Crippen LogP contribution < -0.4 is 5.32 Å². The molecule has 3 N–H and O–H groups in total. The molecule has 0 aliphatic carbocycles. The number of amides is 2. The van der Waals surface area contributed by atoms with Gasteiger partial charge in [-0.3, -0.25) is 0 Å². The van der Waals surface area contributed by atoms with Crippen molar-refractivity contribution in [2.24, 2.45) is 5.92 Å². The maximum atomic E-state index is 12.3. The fraction of sp³-hybridized carbons (Fsp3) is 0.467. The van der Waals surface area contributed by atoms with Gasteiger partial charge in [-0.25, -0.2) is 9.59 Å². The number of urea groups is 1. The normalized spacial score (nSPS) is 21.4. The van der Waals surface area contributed by atoms with Crippen LogP contribution in [0.4, 0.5) is 10.5 Å². The zero-order valence-electron chi connectivity index (χ0n) is 12.2. The van der Waals surface area contributed by atoms with Crippen LogP contribution >= 0.6 is 0 Å². The number of aliphatic hydroxyl groups is 1. The molecule has 6 nitrogen and oxygen atoms in total. The molecule has 1 heterocycles. The van der Waals surface area contributed by atoms with E-state index in [9.17, 15) is 14.7 Å². The fourth-order valence-electron chi connectivity index (χ4n) is 2.66. The third kappa shape index (κ3) is 3.16. The number of carboxylic acid groups (broad SMARTS) is 1. The Balaban J connectivity index is 2.11. The summed E-state index contributed by atoms with van der Waals surface area (Å²) in [5.41, 5.74) is 1.46. The molecule has 2 amide bonds. The Hall–Kier alpha value is -2.08. The van der Waals surface area contributed by atoms with Gasteiger partial charge in [0.25, 0.3) is 0 Å². The van der Waals surface area contributed by atoms with Gasteiger partial charge in [0.15, 0.2) is 0 Å². The lowest BCUT2D eigenvalue weighted by molar-refractivity contribution is 0.0697. The van der Waals surface area contributed by atoms with E-state index in [2.05, 4.69) is 5.32 Å². The van der Waals surface area contributed by atoms with Gasteiger partial charge in [0.05, 0.1) is 18.2 Å². The van der Waals surface area contributed by atoms with Crippen molar-refractivity contribution in [1.29, 1.82) is 0 Å². The average molecular weight is 292 g/mol. The van der Waals surface area contributed by atoms with Crippen molar-refractivity contribution < 1.29 is 19.8 Å². The van der Waals surface area contributed by atoms with Gasteiger partial charge >= 0.3 is 12.0 Å². The van der Waals surface area contributed by atoms with Gasteiger partial charge in [0.2, 0.25) is 0 Å². The third-order valence-corrected chi connectivity index (χ3v) is 4.05. The van der Waals surface area contributed by atoms with Crippen LogP contribution in [-0.2, 0) is 0 Å². The summed E-state index contributed by atoms with van der Waals surface area (Å²) in [7, 11) is 0. The van der Waals surface area contributed by atoms with Gasteiger partial charge in [0.1, 0.15) is 0 Å². The van der Waals surface area contributed by atoms with Crippen LogP contribution in [-0.4, -0.2) is 46.3 Å². The van der Waals surface area contributed by atoms with Crippen molar-refractivity contribution in [1.82, 2.24) is 4.90 Å². The number of nitrogens with one attached hydrogen (secondary N) is 1. The molecule has 6 heteroatoms. The summed E-state index contributed by atoms with van der Waals surface area (Å²) in [4.78, 5) is 24.8. The summed E-state index contributed by atoms with van der Waals surface area (Å²) in [6.07, 6.45) is 0.871. The molecular formula is C15H20N2O4. The Morgan fingerprint density at radius 1 is 1.43 bits per heavy atom. The van der Waals surface area contributed by atoms with Crippen molar-refractivity contribution in [3.05, 3.63) is 29.3 Å². The molecule has 1 aromatic rings. The summed E-state index contributed by atoms with van der Waals surface area (Å²) < 4.78 is 0. The first kappa shape index (κ1) is 15.3. The number of rotatable bonds is 3. The lowest BCUT2D eigenvalue weighted by atomic mass is 10.0. The van der Waals surface area contributed by atoms with E-state index >= 15 is 0 Å². The van der Waals surface area contributed by atoms with Crippen LogP contribution in [0.25, 0.3) is 0 Å². The number of anilines is 1. The van der Waals surface area contributed by atoms with Crippen molar-refractivity contribution in [3.63, 3.8) is 0 Å². The summed E-state index contributed by atoms with van der Waals surface area (Å²) >= 11 is 0. The summed E-state index contributed by atoms with van der Waals surface area (Å²) in [6, 6.07) is 4.15. The van der Waals surface area contributed by atoms with Crippen molar-refractivity contribution in [3.8, 4) is 0 Å². The Kier molecular flexibility index (Phi) is 4.47. The molecule has 2 atom stereocenters. The van der Waals surface area contributed by atoms with E-state index in [1.54, 1.807) is 17.9 Å². The van der Waals surface area contributed by atoms with E-state index in [0.717, 1.165) is 6.42 Å². The zero-order valence-corrected chi connectivity index (χ0v) is 12.2. The number of nitrogens with zero attached hydrogens (tertiary/aromatic N) is 1. The van der Waals surface area contributed by atoms with Gasteiger partial charge in [-0.2, -0.15) is 0 Å². The largest absolute Gasteiger partial charge is 0.478 e. The second-order valence-electron chi connectivity index (χ2n) is 5.47. The number of aryl methyl sites for hydroxylation is 1. The SMILES string of the molecule is Cc1cc(C(=O)O)ccc1NC(=O)N1CCC(C)C1CO. The number of likely N-dealkylation sites (tertiary alicyclic amines) is 1. The van der Waals surface area contributed by atoms with Gasteiger partial charge in [0, 0.05) is 12.2 Å². The maximum Gasteiger partial charge on any atom is 0.335 e. The molecule has 0 spiro atoms. The minimum atomic E-state index is -0.996. The minimum absolute atomic E-state index is 0.0501. The molecule has 0 saturated carbocycles. The topological polar surface area (TPSA) is 89.9 Å². The second kappa shape index (κ2) is 6.13. The highest BCUT2D eigenvalue weighted by atomic mass is 16.4. The second-order valence-corrected chi connectivity index (χ2v) is 5.47. The maximum absolute atomic E-state index is 12.3. The molecule has 1 aromatic carbocycles. The molecule has 2 unspecified atom stereocenters. The first-order valence-corrected chi connectivity index (χ1v) is 6.96. The number of hydrogen-bond acceptors (Lipinski definition) is 3. The van der Waals surface area contributed by atoms with Gasteiger partial charge in [-0.15, -0.1) is 0 Å². The highest BCUT2D eigenvalue weighted by molar-refractivity contribution is 5.93. The van der Waals surface area contributed by atoms with Crippen LogP contribution in [0.2, 0.25) is 0 Å². The van der Waals surface area contributed by atoms with E-state index in [1.165, 1.54) is 12.1 Å². The van der Waals surface area contributed by atoms with E-state index in [1.807, 2.05) is 6.92 Å². The van der Waals surface area contributed by atoms with Crippen molar-refractivity contribution in [2.45, 2.75) is 26.3 Å². The number of aliphatic hydroxyl groups excluding tert-OH is 1. The molecule has 1 fully saturated rings.